The van der Waals surface area contributed by atoms with Crippen LogP contribution in [0.4, 0.5) is 4.39 Å². The Labute approximate surface area is 150 Å². The van der Waals surface area contributed by atoms with Crippen LogP contribution in [0.3, 0.4) is 0 Å². The molecule has 3 rings (SSSR count). The average Bonchev–Trinajstić information content (AvgIpc) is 3.14. The van der Waals surface area contributed by atoms with Gasteiger partial charge in [0.25, 0.3) is 5.89 Å². The van der Waals surface area contributed by atoms with Gasteiger partial charge in [0, 0.05) is 11.6 Å². The Hall–Kier alpha value is -3.28. The van der Waals surface area contributed by atoms with E-state index in [1.807, 2.05) is 24.3 Å². The van der Waals surface area contributed by atoms with Crippen LogP contribution in [0, 0.1) is 5.82 Å². The van der Waals surface area contributed by atoms with Crippen molar-refractivity contribution in [3.63, 3.8) is 0 Å². The van der Waals surface area contributed by atoms with E-state index in [0.29, 0.717) is 11.4 Å². The van der Waals surface area contributed by atoms with Gasteiger partial charge in [0.1, 0.15) is 5.82 Å². The highest BCUT2D eigenvalue weighted by atomic mass is 19.1. The van der Waals surface area contributed by atoms with Gasteiger partial charge < -0.3 is 9.26 Å². The first-order valence-electron chi connectivity index (χ1n) is 8.16. The number of benzene rings is 2. The molecular weight excluding hydrogens is 335 g/mol. The molecule has 5 nitrogen and oxygen atoms in total. The highest BCUT2D eigenvalue weighted by Crippen LogP contribution is 2.17. The predicted octanol–water partition coefficient (Wildman–Crippen LogP) is 4.19. The maximum Gasteiger partial charge on any atom is 0.331 e. The monoisotopic (exact) mass is 352 g/mol. The van der Waals surface area contributed by atoms with Gasteiger partial charge in [-0.15, -0.1) is 0 Å². The fourth-order valence-corrected chi connectivity index (χ4v) is 2.28. The summed E-state index contributed by atoms with van der Waals surface area (Å²) < 4.78 is 23.2. The summed E-state index contributed by atoms with van der Waals surface area (Å²) in [4.78, 5) is 15.9. The Morgan fingerprint density at radius 3 is 2.77 bits per heavy atom. The highest BCUT2D eigenvalue weighted by Gasteiger charge is 2.10. The smallest absolute Gasteiger partial charge is 0.331 e. The summed E-state index contributed by atoms with van der Waals surface area (Å²) in [5, 5.41) is 3.89. The summed E-state index contributed by atoms with van der Waals surface area (Å²) in [6, 6.07) is 13.7. The number of nitrogens with zero attached hydrogens (tertiary/aromatic N) is 2. The van der Waals surface area contributed by atoms with E-state index in [9.17, 15) is 9.18 Å². The molecule has 0 aliphatic carbocycles. The second-order valence-corrected chi connectivity index (χ2v) is 5.56. The molecule has 0 spiro atoms. The van der Waals surface area contributed by atoms with E-state index in [1.54, 1.807) is 12.1 Å². The van der Waals surface area contributed by atoms with Gasteiger partial charge in [0.05, 0.1) is 0 Å². The third-order valence-electron chi connectivity index (χ3n) is 3.69. The lowest BCUT2D eigenvalue weighted by Crippen LogP contribution is -2.01. The molecule has 0 amide bonds. The minimum atomic E-state index is -0.582. The third-order valence-corrected chi connectivity index (χ3v) is 3.69. The van der Waals surface area contributed by atoms with Gasteiger partial charge in [0.2, 0.25) is 5.82 Å². The Bertz CT molecular complexity index is 917. The minimum absolute atomic E-state index is 0.133. The van der Waals surface area contributed by atoms with E-state index in [1.165, 1.54) is 29.8 Å². The van der Waals surface area contributed by atoms with Gasteiger partial charge in [-0.2, -0.15) is 4.98 Å². The molecule has 1 heterocycles. The van der Waals surface area contributed by atoms with Gasteiger partial charge in [-0.05, 0) is 35.8 Å². The van der Waals surface area contributed by atoms with Crippen LogP contribution in [0.1, 0.15) is 23.9 Å². The summed E-state index contributed by atoms with van der Waals surface area (Å²) in [5.41, 5.74) is 2.61. The summed E-state index contributed by atoms with van der Waals surface area (Å²) in [6.07, 6.45) is 3.65. The fourth-order valence-electron chi connectivity index (χ4n) is 2.28. The van der Waals surface area contributed by atoms with Crippen molar-refractivity contribution >= 4 is 12.0 Å². The molecule has 0 bridgehead atoms. The normalized spacial score (nSPS) is 11.0. The average molecular weight is 352 g/mol. The van der Waals surface area contributed by atoms with E-state index in [0.717, 1.165) is 12.0 Å². The van der Waals surface area contributed by atoms with Crippen LogP contribution < -0.4 is 0 Å². The Morgan fingerprint density at radius 1 is 1.23 bits per heavy atom. The first-order valence-corrected chi connectivity index (χ1v) is 8.16. The van der Waals surface area contributed by atoms with Gasteiger partial charge in [-0.3, -0.25) is 0 Å². The fraction of sp³-hybridized carbons (Fsp3) is 0.150. The standard InChI is InChI=1S/C20H17FN2O3/c1-2-14-6-9-16(10-7-14)20-22-18(26-23-20)13-25-19(24)11-8-15-4-3-5-17(21)12-15/h3-12H,2,13H2,1H3/b11-8+. The largest absolute Gasteiger partial charge is 0.452 e. The lowest BCUT2D eigenvalue weighted by atomic mass is 10.1. The maximum absolute atomic E-state index is 13.1. The second kappa shape index (κ2) is 8.20. The molecule has 6 heteroatoms. The van der Waals surface area contributed by atoms with Gasteiger partial charge >= 0.3 is 5.97 Å². The summed E-state index contributed by atoms with van der Waals surface area (Å²) in [6.45, 7) is 1.95. The van der Waals surface area contributed by atoms with Crippen LogP contribution >= 0.6 is 0 Å². The summed E-state index contributed by atoms with van der Waals surface area (Å²) >= 11 is 0. The molecule has 26 heavy (non-hydrogen) atoms. The number of ether oxygens (including phenoxy) is 1. The molecule has 0 radical (unpaired) electrons. The van der Waals surface area contributed by atoms with Crippen molar-refractivity contribution < 1.29 is 18.4 Å². The van der Waals surface area contributed by atoms with Crippen molar-refractivity contribution in [1.82, 2.24) is 10.1 Å². The number of carbonyl (C=O) groups excluding carboxylic acids is 1. The molecule has 0 saturated heterocycles. The van der Waals surface area contributed by atoms with E-state index >= 15 is 0 Å². The molecular formula is C20H17FN2O3. The molecule has 0 N–H and O–H groups in total. The van der Waals surface area contributed by atoms with Crippen LogP contribution in [-0.4, -0.2) is 16.1 Å². The number of hydrogen-bond donors (Lipinski definition) is 0. The van der Waals surface area contributed by atoms with E-state index in [4.69, 9.17) is 9.26 Å². The lowest BCUT2D eigenvalue weighted by molar-refractivity contribution is -0.139. The molecule has 132 valence electrons. The van der Waals surface area contributed by atoms with E-state index in [-0.39, 0.29) is 18.3 Å². The highest BCUT2D eigenvalue weighted by molar-refractivity contribution is 5.86. The first kappa shape index (κ1) is 17.5. The van der Waals surface area contributed by atoms with Crippen molar-refractivity contribution in [1.29, 1.82) is 0 Å². The number of carbonyl (C=O) groups is 1. The van der Waals surface area contributed by atoms with Crippen molar-refractivity contribution in [2.24, 2.45) is 0 Å². The van der Waals surface area contributed by atoms with Gasteiger partial charge in [-0.25, -0.2) is 9.18 Å². The Balaban J connectivity index is 1.56. The first-order chi connectivity index (χ1) is 12.6. The molecule has 0 fully saturated rings. The lowest BCUT2D eigenvalue weighted by Gasteiger charge is -1.98. The molecule has 0 saturated carbocycles. The summed E-state index contributed by atoms with van der Waals surface area (Å²) in [7, 11) is 0. The molecule has 0 unspecified atom stereocenters. The van der Waals surface area contributed by atoms with Crippen molar-refractivity contribution in [3.05, 3.63) is 77.4 Å². The molecule has 3 aromatic rings. The second-order valence-electron chi connectivity index (χ2n) is 5.56. The number of hydrogen-bond acceptors (Lipinski definition) is 5. The van der Waals surface area contributed by atoms with Crippen molar-refractivity contribution in [3.8, 4) is 11.4 Å². The quantitative estimate of drug-likeness (QED) is 0.491. The van der Waals surface area contributed by atoms with Crippen LogP contribution in [-0.2, 0) is 22.6 Å². The Morgan fingerprint density at radius 2 is 2.04 bits per heavy atom. The number of aryl methyl sites for hydroxylation is 1. The van der Waals surface area contributed by atoms with Crippen molar-refractivity contribution in [2.75, 3.05) is 0 Å². The molecule has 0 aliphatic rings. The van der Waals surface area contributed by atoms with Crippen LogP contribution in [0.25, 0.3) is 17.5 Å². The zero-order valence-corrected chi connectivity index (χ0v) is 14.2. The van der Waals surface area contributed by atoms with Crippen molar-refractivity contribution in [2.45, 2.75) is 20.0 Å². The molecule has 2 aromatic carbocycles. The number of esters is 1. The Kier molecular flexibility index (Phi) is 5.53. The molecule has 0 aliphatic heterocycles. The predicted molar refractivity (Wildman–Crippen MR) is 94.3 cm³/mol. The molecule has 1 aromatic heterocycles. The van der Waals surface area contributed by atoms with Crippen LogP contribution in [0.2, 0.25) is 0 Å². The van der Waals surface area contributed by atoms with Gasteiger partial charge in [-0.1, -0.05) is 48.5 Å². The van der Waals surface area contributed by atoms with E-state index < -0.39 is 5.97 Å². The SMILES string of the molecule is CCc1ccc(-c2noc(COC(=O)/C=C/c3cccc(F)c3)n2)cc1. The number of rotatable bonds is 6. The minimum Gasteiger partial charge on any atom is -0.452 e. The number of halogens is 1. The van der Waals surface area contributed by atoms with Crippen LogP contribution in [0.15, 0.2) is 59.1 Å². The molecule has 0 atom stereocenters. The number of aromatic nitrogens is 2. The third kappa shape index (κ3) is 4.63. The zero-order valence-electron chi connectivity index (χ0n) is 14.2. The maximum atomic E-state index is 13.1. The zero-order chi connectivity index (χ0) is 18.4. The summed E-state index contributed by atoms with van der Waals surface area (Å²) in [5.74, 6) is -0.312. The van der Waals surface area contributed by atoms with Gasteiger partial charge in [0.15, 0.2) is 6.61 Å². The van der Waals surface area contributed by atoms with Crippen LogP contribution in [0.5, 0.6) is 0 Å². The van der Waals surface area contributed by atoms with E-state index in [2.05, 4.69) is 17.1 Å². The topological polar surface area (TPSA) is 65.2 Å².